The zero-order valence-corrected chi connectivity index (χ0v) is 16.5. The minimum Gasteiger partial charge on any atom is -0.497 e. The van der Waals surface area contributed by atoms with Gasteiger partial charge >= 0.3 is 0 Å². The average Bonchev–Trinajstić information content (AvgIpc) is 2.73. The number of aryl methyl sites for hydroxylation is 1. The predicted molar refractivity (Wildman–Crippen MR) is 110 cm³/mol. The summed E-state index contributed by atoms with van der Waals surface area (Å²) >= 11 is 0. The zero-order valence-electron chi connectivity index (χ0n) is 16.5. The Morgan fingerprint density at radius 3 is 2.59 bits per heavy atom. The van der Waals surface area contributed by atoms with Crippen molar-refractivity contribution in [2.24, 2.45) is 0 Å². The summed E-state index contributed by atoms with van der Waals surface area (Å²) in [5, 5.41) is 2.69. The third-order valence-electron chi connectivity index (χ3n) is 4.27. The molecular formula is C22H22N2O5. The lowest BCUT2D eigenvalue weighted by Crippen LogP contribution is -2.32. The van der Waals surface area contributed by atoms with Gasteiger partial charge in [0.1, 0.15) is 23.7 Å². The standard InChI is InChI=1S/C22H22N2O5/c1-15-6-4-7-16(12-15)14-29-24-11-5-8-18(22(24)26)21(25)23-19-10-9-17(27-2)13-20(19)28-3/h4-13H,14H2,1-3H3,(H,23,25). The van der Waals surface area contributed by atoms with Gasteiger partial charge in [-0.15, -0.1) is 0 Å². The van der Waals surface area contributed by atoms with Crippen LogP contribution in [0.2, 0.25) is 0 Å². The molecule has 0 saturated heterocycles. The first-order valence-electron chi connectivity index (χ1n) is 8.95. The molecular weight excluding hydrogens is 372 g/mol. The number of hydrogen-bond donors (Lipinski definition) is 1. The predicted octanol–water partition coefficient (Wildman–Crippen LogP) is 3.06. The molecule has 0 unspecified atom stereocenters. The Morgan fingerprint density at radius 1 is 1.03 bits per heavy atom. The third kappa shape index (κ3) is 4.76. The van der Waals surface area contributed by atoms with Gasteiger partial charge in [-0.3, -0.25) is 9.59 Å². The highest BCUT2D eigenvalue weighted by Gasteiger charge is 2.15. The molecule has 2 aromatic carbocycles. The highest BCUT2D eigenvalue weighted by atomic mass is 16.7. The molecule has 0 aliphatic heterocycles. The van der Waals surface area contributed by atoms with E-state index < -0.39 is 11.5 Å². The molecule has 7 nitrogen and oxygen atoms in total. The van der Waals surface area contributed by atoms with E-state index in [9.17, 15) is 9.59 Å². The maximum atomic E-state index is 12.7. The van der Waals surface area contributed by atoms with Crippen LogP contribution in [0, 0.1) is 6.92 Å². The van der Waals surface area contributed by atoms with Crippen molar-refractivity contribution in [1.29, 1.82) is 0 Å². The summed E-state index contributed by atoms with van der Waals surface area (Å²) in [4.78, 5) is 30.9. The van der Waals surface area contributed by atoms with Gasteiger partial charge in [-0.2, -0.15) is 4.73 Å². The number of amides is 1. The monoisotopic (exact) mass is 394 g/mol. The van der Waals surface area contributed by atoms with Gasteiger partial charge in [0.2, 0.25) is 0 Å². The van der Waals surface area contributed by atoms with E-state index >= 15 is 0 Å². The molecule has 1 N–H and O–H groups in total. The molecule has 0 spiro atoms. The first-order valence-corrected chi connectivity index (χ1v) is 8.95. The van der Waals surface area contributed by atoms with E-state index in [-0.39, 0.29) is 12.2 Å². The third-order valence-corrected chi connectivity index (χ3v) is 4.27. The van der Waals surface area contributed by atoms with E-state index in [1.54, 1.807) is 24.3 Å². The van der Waals surface area contributed by atoms with Gasteiger partial charge in [0.15, 0.2) is 0 Å². The SMILES string of the molecule is COc1ccc(NC(=O)c2cccn(OCc3cccc(C)c3)c2=O)c(OC)c1. The number of carbonyl (C=O) groups is 1. The van der Waals surface area contributed by atoms with Crippen molar-refractivity contribution in [2.75, 3.05) is 19.5 Å². The minimum absolute atomic E-state index is 0.0467. The number of hydrogen-bond acceptors (Lipinski definition) is 5. The number of ether oxygens (including phenoxy) is 2. The van der Waals surface area contributed by atoms with Gasteiger partial charge in [-0.1, -0.05) is 29.8 Å². The van der Waals surface area contributed by atoms with E-state index in [4.69, 9.17) is 14.3 Å². The van der Waals surface area contributed by atoms with E-state index in [2.05, 4.69) is 5.32 Å². The molecule has 0 atom stereocenters. The second-order valence-electron chi connectivity index (χ2n) is 6.34. The Morgan fingerprint density at radius 2 is 1.86 bits per heavy atom. The van der Waals surface area contributed by atoms with Crippen LogP contribution in [0.4, 0.5) is 5.69 Å². The van der Waals surface area contributed by atoms with Crippen LogP contribution in [0.25, 0.3) is 0 Å². The summed E-state index contributed by atoms with van der Waals surface area (Å²) in [7, 11) is 3.02. The highest BCUT2D eigenvalue weighted by molar-refractivity contribution is 6.04. The van der Waals surface area contributed by atoms with Gasteiger partial charge in [0.05, 0.1) is 19.9 Å². The van der Waals surface area contributed by atoms with Crippen LogP contribution in [0.1, 0.15) is 21.5 Å². The number of rotatable bonds is 7. The van der Waals surface area contributed by atoms with Crippen LogP contribution in [-0.4, -0.2) is 24.9 Å². The number of carbonyl (C=O) groups excluding carboxylic acids is 1. The van der Waals surface area contributed by atoms with Crippen molar-refractivity contribution < 1.29 is 19.1 Å². The van der Waals surface area contributed by atoms with E-state index in [0.717, 1.165) is 15.9 Å². The number of benzene rings is 2. The fourth-order valence-corrected chi connectivity index (χ4v) is 2.79. The molecule has 1 aromatic heterocycles. The van der Waals surface area contributed by atoms with Gasteiger partial charge < -0.3 is 19.6 Å². The largest absolute Gasteiger partial charge is 0.497 e. The van der Waals surface area contributed by atoms with Crippen molar-refractivity contribution in [3.05, 3.63) is 87.8 Å². The van der Waals surface area contributed by atoms with Gasteiger partial charge in [0, 0.05) is 12.3 Å². The van der Waals surface area contributed by atoms with Crippen LogP contribution in [0.3, 0.4) is 0 Å². The van der Waals surface area contributed by atoms with Crippen LogP contribution < -0.4 is 25.2 Å². The molecule has 0 aliphatic carbocycles. The van der Waals surface area contributed by atoms with Crippen LogP contribution in [0.5, 0.6) is 11.5 Å². The second-order valence-corrected chi connectivity index (χ2v) is 6.34. The summed E-state index contributed by atoms with van der Waals surface area (Å²) in [6, 6.07) is 15.8. The van der Waals surface area contributed by atoms with Crippen molar-refractivity contribution in [3.63, 3.8) is 0 Å². The van der Waals surface area contributed by atoms with E-state index in [1.165, 1.54) is 26.5 Å². The number of anilines is 1. The number of methoxy groups -OCH3 is 2. The van der Waals surface area contributed by atoms with Gasteiger partial charge in [-0.05, 0) is 36.8 Å². The van der Waals surface area contributed by atoms with Crippen molar-refractivity contribution >= 4 is 11.6 Å². The second kappa shape index (κ2) is 8.97. The maximum Gasteiger partial charge on any atom is 0.295 e. The molecule has 0 fully saturated rings. The molecule has 29 heavy (non-hydrogen) atoms. The zero-order chi connectivity index (χ0) is 20.8. The van der Waals surface area contributed by atoms with Crippen LogP contribution >= 0.6 is 0 Å². The molecule has 0 radical (unpaired) electrons. The lowest BCUT2D eigenvalue weighted by atomic mass is 10.1. The van der Waals surface area contributed by atoms with Crippen LogP contribution in [-0.2, 0) is 6.61 Å². The Labute approximate surface area is 168 Å². The average molecular weight is 394 g/mol. The van der Waals surface area contributed by atoms with Gasteiger partial charge in [0.25, 0.3) is 11.5 Å². The number of aromatic nitrogens is 1. The molecule has 3 aromatic rings. The molecule has 0 aliphatic rings. The quantitative estimate of drug-likeness (QED) is 0.666. The molecule has 0 saturated carbocycles. The first-order chi connectivity index (χ1) is 14.0. The lowest BCUT2D eigenvalue weighted by Gasteiger charge is -2.13. The molecule has 0 bridgehead atoms. The fourth-order valence-electron chi connectivity index (χ4n) is 2.79. The summed E-state index contributed by atoms with van der Waals surface area (Å²) < 4.78 is 11.5. The highest BCUT2D eigenvalue weighted by Crippen LogP contribution is 2.29. The summed E-state index contributed by atoms with van der Waals surface area (Å²) in [6.45, 7) is 2.19. The topological polar surface area (TPSA) is 78.8 Å². The Hall–Kier alpha value is -3.74. The molecule has 150 valence electrons. The number of nitrogens with zero attached hydrogens (tertiary/aromatic N) is 1. The fraction of sp³-hybridized carbons (Fsp3) is 0.182. The van der Waals surface area contributed by atoms with Crippen molar-refractivity contribution in [1.82, 2.24) is 4.73 Å². The molecule has 7 heteroatoms. The summed E-state index contributed by atoms with van der Waals surface area (Å²) in [5.74, 6) is 0.447. The maximum absolute atomic E-state index is 12.7. The van der Waals surface area contributed by atoms with Crippen LogP contribution in [0.15, 0.2) is 65.6 Å². The molecule has 1 heterocycles. The van der Waals surface area contributed by atoms with E-state index in [0.29, 0.717) is 17.2 Å². The number of pyridine rings is 1. The van der Waals surface area contributed by atoms with E-state index in [1.807, 2.05) is 31.2 Å². The Balaban J connectivity index is 1.78. The molecule has 1 amide bonds. The lowest BCUT2D eigenvalue weighted by molar-refractivity contribution is 0.0863. The Bertz CT molecular complexity index is 1070. The minimum atomic E-state index is -0.563. The summed E-state index contributed by atoms with van der Waals surface area (Å²) in [6.07, 6.45) is 1.48. The molecule has 3 rings (SSSR count). The first kappa shape index (κ1) is 20.0. The normalized spacial score (nSPS) is 10.3. The van der Waals surface area contributed by atoms with Crippen molar-refractivity contribution in [3.8, 4) is 11.5 Å². The Kier molecular flexibility index (Phi) is 6.19. The van der Waals surface area contributed by atoms with Crippen molar-refractivity contribution in [2.45, 2.75) is 13.5 Å². The summed E-state index contributed by atoms with van der Waals surface area (Å²) in [5.41, 5.74) is 1.85. The van der Waals surface area contributed by atoms with Gasteiger partial charge in [-0.25, -0.2) is 0 Å². The number of nitrogens with one attached hydrogen (secondary N) is 1. The smallest absolute Gasteiger partial charge is 0.295 e.